The molecule has 0 aliphatic heterocycles. The second-order valence-corrected chi connectivity index (χ2v) is 5.43. The molecule has 0 aliphatic rings. The molecule has 1 aromatic heterocycles. The minimum Gasteiger partial charge on any atom is -0.493 e. The van der Waals surface area contributed by atoms with Crippen LogP contribution in [-0.4, -0.2) is 16.9 Å². The molecule has 0 atom stereocenters. The van der Waals surface area contributed by atoms with Gasteiger partial charge < -0.3 is 15.2 Å². The molecule has 0 aliphatic carbocycles. The van der Waals surface area contributed by atoms with Gasteiger partial charge in [-0.05, 0) is 47.5 Å². The minimum absolute atomic E-state index is 0.424. The Morgan fingerprint density at radius 3 is 2.71 bits per heavy atom. The van der Waals surface area contributed by atoms with Gasteiger partial charge >= 0.3 is 0 Å². The zero-order valence-electron chi connectivity index (χ0n) is 12.5. The lowest BCUT2D eigenvalue weighted by Crippen LogP contribution is -2.07. The summed E-state index contributed by atoms with van der Waals surface area (Å²) in [7, 11) is 1.62. The number of benzene rings is 1. The summed E-state index contributed by atoms with van der Waals surface area (Å²) in [6, 6.07) is 5.72. The minimum atomic E-state index is 0.424. The third-order valence-corrected chi connectivity index (χ3v) is 4.31. The van der Waals surface area contributed by atoms with E-state index >= 15 is 0 Å². The molecule has 0 bridgehead atoms. The molecule has 5 nitrogen and oxygen atoms in total. The number of methoxy groups -OCH3 is 1. The highest BCUT2D eigenvalue weighted by molar-refractivity contribution is 9.10. The van der Waals surface area contributed by atoms with Crippen LogP contribution in [0.2, 0.25) is 0 Å². The van der Waals surface area contributed by atoms with Crippen molar-refractivity contribution < 1.29 is 9.47 Å². The molecule has 0 unspecified atom stereocenters. The highest BCUT2D eigenvalue weighted by Crippen LogP contribution is 2.30. The number of hydrogen-bond acceptors (Lipinski definition) is 4. The van der Waals surface area contributed by atoms with E-state index in [9.17, 15) is 0 Å². The summed E-state index contributed by atoms with van der Waals surface area (Å²) in [5.74, 6) is 1.39. The number of nitrogens with zero attached hydrogens (tertiary/aromatic N) is 2. The average molecular weight is 354 g/mol. The van der Waals surface area contributed by atoms with Crippen LogP contribution in [0.4, 0.5) is 0 Å². The maximum Gasteiger partial charge on any atom is 0.161 e. The molecule has 2 N–H and O–H groups in total. The molecule has 114 valence electrons. The Morgan fingerprint density at radius 1 is 1.33 bits per heavy atom. The Bertz CT molecular complexity index is 626. The molecule has 1 aromatic carbocycles. The lowest BCUT2D eigenvalue weighted by molar-refractivity contribution is 0.273. The standard InChI is InChI=1S/C15H20BrN3O2/c1-4-19-12(15(16)10(2)18-19)9-21-13-6-5-11(8-17)7-14(13)20-3/h5-7H,4,8-9,17H2,1-3H3. The van der Waals surface area contributed by atoms with Gasteiger partial charge in [0.25, 0.3) is 0 Å². The fraction of sp³-hybridized carbons (Fsp3) is 0.400. The highest BCUT2D eigenvalue weighted by Gasteiger charge is 2.14. The van der Waals surface area contributed by atoms with E-state index in [-0.39, 0.29) is 0 Å². The van der Waals surface area contributed by atoms with Gasteiger partial charge in [-0.15, -0.1) is 0 Å². The van der Waals surface area contributed by atoms with E-state index in [2.05, 4.69) is 28.0 Å². The van der Waals surface area contributed by atoms with Gasteiger partial charge in [-0.2, -0.15) is 5.10 Å². The van der Waals surface area contributed by atoms with Crippen molar-refractivity contribution in [2.45, 2.75) is 33.5 Å². The molecule has 0 saturated heterocycles. The molecule has 0 saturated carbocycles. The van der Waals surface area contributed by atoms with Gasteiger partial charge in [0.15, 0.2) is 11.5 Å². The summed E-state index contributed by atoms with van der Waals surface area (Å²) >= 11 is 3.56. The van der Waals surface area contributed by atoms with Crippen LogP contribution in [-0.2, 0) is 19.7 Å². The van der Waals surface area contributed by atoms with Crippen molar-refractivity contribution in [3.8, 4) is 11.5 Å². The first-order valence-electron chi connectivity index (χ1n) is 6.82. The van der Waals surface area contributed by atoms with E-state index in [0.29, 0.717) is 24.7 Å². The van der Waals surface area contributed by atoms with Crippen LogP contribution < -0.4 is 15.2 Å². The summed E-state index contributed by atoms with van der Waals surface area (Å²) in [6.07, 6.45) is 0. The van der Waals surface area contributed by atoms with Crippen molar-refractivity contribution in [3.05, 3.63) is 39.6 Å². The second-order valence-electron chi connectivity index (χ2n) is 4.64. The largest absolute Gasteiger partial charge is 0.493 e. The Balaban J connectivity index is 2.20. The Kier molecular flexibility index (Phi) is 5.25. The van der Waals surface area contributed by atoms with Crippen molar-refractivity contribution in [2.24, 2.45) is 5.73 Å². The molecule has 2 aromatic rings. The first-order chi connectivity index (χ1) is 10.1. The summed E-state index contributed by atoms with van der Waals surface area (Å²) in [6.45, 7) is 5.72. The van der Waals surface area contributed by atoms with Gasteiger partial charge in [-0.1, -0.05) is 6.07 Å². The van der Waals surface area contributed by atoms with Crippen LogP contribution in [0, 0.1) is 6.92 Å². The van der Waals surface area contributed by atoms with E-state index in [0.717, 1.165) is 28.0 Å². The van der Waals surface area contributed by atoms with Crippen molar-refractivity contribution in [3.63, 3.8) is 0 Å². The lowest BCUT2D eigenvalue weighted by atomic mass is 10.2. The zero-order chi connectivity index (χ0) is 15.4. The maximum absolute atomic E-state index is 5.89. The SMILES string of the molecule is CCn1nc(C)c(Br)c1COc1ccc(CN)cc1OC. The van der Waals surface area contributed by atoms with E-state index in [1.807, 2.05) is 29.8 Å². The predicted octanol–water partition coefficient (Wildman–Crippen LogP) is 3.02. The quantitative estimate of drug-likeness (QED) is 0.866. The Labute approximate surface area is 133 Å². The lowest BCUT2D eigenvalue weighted by Gasteiger charge is -2.12. The molecule has 1 heterocycles. The molecule has 0 amide bonds. The van der Waals surface area contributed by atoms with Crippen LogP contribution in [0.15, 0.2) is 22.7 Å². The maximum atomic E-state index is 5.89. The van der Waals surface area contributed by atoms with Crippen molar-refractivity contribution in [2.75, 3.05) is 7.11 Å². The molecule has 2 rings (SSSR count). The van der Waals surface area contributed by atoms with Crippen LogP contribution in [0.3, 0.4) is 0 Å². The third-order valence-electron chi connectivity index (χ3n) is 3.28. The summed E-state index contributed by atoms with van der Waals surface area (Å²) in [4.78, 5) is 0. The van der Waals surface area contributed by atoms with Crippen molar-refractivity contribution in [1.29, 1.82) is 0 Å². The first kappa shape index (κ1) is 15.9. The summed E-state index contributed by atoms with van der Waals surface area (Å²) < 4.78 is 14.2. The van der Waals surface area contributed by atoms with E-state index in [1.165, 1.54) is 0 Å². The normalized spacial score (nSPS) is 10.7. The van der Waals surface area contributed by atoms with Gasteiger partial charge in [-0.25, -0.2) is 0 Å². The number of hydrogen-bond donors (Lipinski definition) is 1. The predicted molar refractivity (Wildman–Crippen MR) is 85.6 cm³/mol. The van der Waals surface area contributed by atoms with Crippen molar-refractivity contribution >= 4 is 15.9 Å². The van der Waals surface area contributed by atoms with Gasteiger partial charge in [0.05, 0.1) is 23.0 Å². The fourth-order valence-electron chi connectivity index (χ4n) is 2.11. The van der Waals surface area contributed by atoms with E-state index in [4.69, 9.17) is 15.2 Å². The van der Waals surface area contributed by atoms with Crippen molar-refractivity contribution in [1.82, 2.24) is 9.78 Å². The van der Waals surface area contributed by atoms with Crippen LogP contribution in [0.5, 0.6) is 11.5 Å². The van der Waals surface area contributed by atoms with Crippen LogP contribution in [0.1, 0.15) is 23.9 Å². The van der Waals surface area contributed by atoms with Crippen LogP contribution in [0.25, 0.3) is 0 Å². The summed E-state index contributed by atoms with van der Waals surface area (Å²) in [5.41, 5.74) is 8.62. The molecule has 21 heavy (non-hydrogen) atoms. The molecule has 6 heteroatoms. The van der Waals surface area contributed by atoms with E-state index < -0.39 is 0 Å². The smallest absolute Gasteiger partial charge is 0.161 e. The number of aromatic nitrogens is 2. The first-order valence-corrected chi connectivity index (χ1v) is 7.61. The molecule has 0 spiro atoms. The number of nitrogens with two attached hydrogens (primary N) is 1. The molecular weight excluding hydrogens is 334 g/mol. The zero-order valence-corrected chi connectivity index (χ0v) is 14.1. The number of ether oxygens (including phenoxy) is 2. The topological polar surface area (TPSA) is 62.3 Å². The highest BCUT2D eigenvalue weighted by atomic mass is 79.9. The average Bonchev–Trinajstić information content (AvgIpc) is 2.79. The number of rotatable bonds is 6. The number of halogens is 1. The van der Waals surface area contributed by atoms with Gasteiger partial charge in [0, 0.05) is 13.1 Å². The third kappa shape index (κ3) is 3.39. The Hall–Kier alpha value is -1.53. The monoisotopic (exact) mass is 353 g/mol. The van der Waals surface area contributed by atoms with Crippen LogP contribution >= 0.6 is 15.9 Å². The van der Waals surface area contributed by atoms with Gasteiger partial charge in [0.1, 0.15) is 6.61 Å². The van der Waals surface area contributed by atoms with Gasteiger partial charge in [-0.3, -0.25) is 4.68 Å². The molecular formula is C15H20BrN3O2. The van der Waals surface area contributed by atoms with E-state index in [1.54, 1.807) is 7.11 Å². The second kappa shape index (κ2) is 6.95. The summed E-state index contributed by atoms with van der Waals surface area (Å²) in [5, 5.41) is 4.45. The number of aryl methyl sites for hydroxylation is 2. The van der Waals surface area contributed by atoms with Gasteiger partial charge in [0.2, 0.25) is 0 Å². The molecule has 0 radical (unpaired) electrons. The molecule has 0 fully saturated rings. The fourth-order valence-corrected chi connectivity index (χ4v) is 2.51. The Morgan fingerprint density at radius 2 is 2.10 bits per heavy atom.